The van der Waals surface area contributed by atoms with Crippen LogP contribution in [0.5, 0.6) is 5.75 Å². The summed E-state index contributed by atoms with van der Waals surface area (Å²) in [5, 5.41) is 9.71. The molecule has 8 nitrogen and oxygen atoms in total. The summed E-state index contributed by atoms with van der Waals surface area (Å²) in [5.74, 6) is -0.0185. The molecule has 1 amide bonds. The van der Waals surface area contributed by atoms with Crippen molar-refractivity contribution in [1.29, 1.82) is 5.26 Å². The number of ether oxygens (including phenoxy) is 3. The molecule has 0 radical (unpaired) electrons. The molecule has 0 spiro atoms. The Morgan fingerprint density at radius 2 is 2.00 bits per heavy atom. The van der Waals surface area contributed by atoms with Crippen molar-refractivity contribution in [2.24, 2.45) is 5.73 Å². The number of hydrogen-bond donors (Lipinski definition) is 1. The van der Waals surface area contributed by atoms with Crippen molar-refractivity contribution < 1.29 is 23.8 Å². The predicted molar refractivity (Wildman–Crippen MR) is 101 cm³/mol. The van der Waals surface area contributed by atoms with Crippen molar-refractivity contribution in [3.05, 3.63) is 52.6 Å². The van der Waals surface area contributed by atoms with Gasteiger partial charge >= 0.3 is 6.09 Å². The van der Waals surface area contributed by atoms with E-state index < -0.39 is 12.0 Å². The lowest BCUT2D eigenvalue weighted by molar-refractivity contribution is -0.116. The highest BCUT2D eigenvalue weighted by molar-refractivity contribution is 5.99. The molecule has 1 fully saturated rings. The molecule has 4 rings (SSSR count). The minimum atomic E-state index is -0.717. The van der Waals surface area contributed by atoms with Crippen molar-refractivity contribution in [1.82, 2.24) is 4.90 Å². The van der Waals surface area contributed by atoms with Crippen LogP contribution in [0.1, 0.15) is 30.7 Å². The van der Waals surface area contributed by atoms with E-state index >= 15 is 0 Å². The summed E-state index contributed by atoms with van der Waals surface area (Å²) >= 11 is 0. The predicted octanol–water partition coefficient (Wildman–Crippen LogP) is 2.33. The van der Waals surface area contributed by atoms with E-state index in [0.717, 1.165) is 0 Å². The Labute approximate surface area is 168 Å². The molecule has 2 aliphatic heterocycles. The smallest absolute Gasteiger partial charge is 0.415 e. The van der Waals surface area contributed by atoms with Crippen molar-refractivity contribution in [2.45, 2.75) is 25.2 Å². The van der Waals surface area contributed by atoms with Gasteiger partial charge in [-0.2, -0.15) is 5.26 Å². The Hall–Kier alpha value is -3.31. The monoisotopic (exact) mass is 395 g/mol. The normalized spacial score (nSPS) is 22.0. The first-order chi connectivity index (χ1) is 14.1. The third-order valence-electron chi connectivity index (χ3n) is 5.30. The van der Waals surface area contributed by atoms with E-state index in [0.29, 0.717) is 68.2 Å². The zero-order chi connectivity index (χ0) is 20.4. The summed E-state index contributed by atoms with van der Waals surface area (Å²) < 4.78 is 16.5. The lowest BCUT2D eigenvalue weighted by atomic mass is 9.77. The number of rotatable bonds is 2. The number of nitrogens with zero attached hydrogens (tertiary/aromatic N) is 2. The number of amides is 1. The third kappa shape index (κ3) is 3.57. The minimum absolute atomic E-state index is 0.0136. The number of nitrogens with two attached hydrogens (primary N) is 1. The lowest BCUT2D eigenvalue weighted by Gasteiger charge is -2.32. The molecule has 1 aliphatic carbocycles. The molecule has 0 aromatic heterocycles. The van der Waals surface area contributed by atoms with E-state index in [9.17, 15) is 14.9 Å². The second-order valence-electron chi connectivity index (χ2n) is 7.04. The number of para-hydroxylation sites is 1. The number of carbonyl (C=O) groups is 2. The second-order valence-corrected chi connectivity index (χ2v) is 7.04. The maximum Gasteiger partial charge on any atom is 0.415 e. The first-order valence-electron chi connectivity index (χ1n) is 9.57. The molecule has 2 heterocycles. The van der Waals surface area contributed by atoms with Crippen LogP contribution in [0.4, 0.5) is 4.79 Å². The summed E-state index contributed by atoms with van der Waals surface area (Å²) in [6, 6.07) is 8.99. The van der Waals surface area contributed by atoms with Gasteiger partial charge in [-0.3, -0.25) is 4.79 Å². The van der Waals surface area contributed by atoms with Crippen LogP contribution in [0.15, 0.2) is 47.1 Å². The summed E-state index contributed by atoms with van der Waals surface area (Å²) in [6.07, 6.45) is 1.14. The van der Waals surface area contributed by atoms with Crippen LogP contribution in [0.3, 0.4) is 0 Å². The fraction of sp³-hybridized carbons (Fsp3) is 0.381. The standard InChI is InChI=1S/C21H21N3O5/c22-12-14-18(19-15(25)5-3-7-17(19)28-20(14)23)13-4-1-2-6-16(13)29-21(26)24-8-10-27-11-9-24/h1-2,4,6,18H,3,5,7-11,23H2/t18-/m1/s1. The van der Waals surface area contributed by atoms with E-state index in [1.807, 2.05) is 0 Å². The number of nitriles is 1. The highest BCUT2D eigenvalue weighted by atomic mass is 16.6. The molecule has 0 unspecified atom stereocenters. The van der Waals surface area contributed by atoms with Gasteiger partial charge < -0.3 is 24.8 Å². The van der Waals surface area contributed by atoms with Crippen molar-refractivity contribution >= 4 is 11.9 Å². The first-order valence-corrected chi connectivity index (χ1v) is 9.57. The molecular formula is C21H21N3O5. The molecule has 2 N–H and O–H groups in total. The number of ketones is 1. The molecule has 1 aromatic rings. The van der Waals surface area contributed by atoms with Crippen LogP contribution in [0, 0.1) is 11.3 Å². The molecule has 0 saturated carbocycles. The van der Waals surface area contributed by atoms with Gasteiger partial charge in [0.2, 0.25) is 5.88 Å². The summed E-state index contributed by atoms with van der Waals surface area (Å²) in [7, 11) is 0. The molecular weight excluding hydrogens is 374 g/mol. The topological polar surface area (TPSA) is 115 Å². The van der Waals surface area contributed by atoms with Crippen LogP contribution in [0.2, 0.25) is 0 Å². The van der Waals surface area contributed by atoms with Gasteiger partial charge in [-0.25, -0.2) is 4.79 Å². The van der Waals surface area contributed by atoms with E-state index in [4.69, 9.17) is 19.9 Å². The fourth-order valence-electron chi connectivity index (χ4n) is 3.88. The van der Waals surface area contributed by atoms with Crippen molar-refractivity contribution in [3.8, 4) is 11.8 Å². The Morgan fingerprint density at radius 3 is 2.76 bits per heavy atom. The molecule has 1 saturated heterocycles. The van der Waals surface area contributed by atoms with Gasteiger partial charge in [-0.15, -0.1) is 0 Å². The van der Waals surface area contributed by atoms with Gasteiger partial charge in [0.25, 0.3) is 0 Å². The number of allylic oxidation sites excluding steroid dienone is 3. The highest BCUT2D eigenvalue weighted by Crippen LogP contribution is 2.45. The molecule has 0 bridgehead atoms. The quantitative estimate of drug-likeness (QED) is 0.817. The van der Waals surface area contributed by atoms with Crippen LogP contribution >= 0.6 is 0 Å². The van der Waals surface area contributed by atoms with Crippen molar-refractivity contribution in [2.75, 3.05) is 26.3 Å². The van der Waals surface area contributed by atoms with E-state index in [-0.39, 0.29) is 17.2 Å². The van der Waals surface area contributed by atoms with Crippen LogP contribution in [-0.4, -0.2) is 43.1 Å². The average Bonchev–Trinajstić information content (AvgIpc) is 2.74. The number of morpholine rings is 1. The van der Waals surface area contributed by atoms with Crippen LogP contribution in [-0.2, 0) is 14.3 Å². The summed E-state index contributed by atoms with van der Waals surface area (Å²) in [5.41, 5.74) is 7.11. The SMILES string of the molecule is N#CC1=C(N)OC2=C(C(=O)CCC2)[C@@H]1c1ccccc1OC(=O)N1CCOCC1. The molecule has 3 aliphatic rings. The highest BCUT2D eigenvalue weighted by Gasteiger charge is 2.39. The third-order valence-corrected chi connectivity index (χ3v) is 5.30. The summed E-state index contributed by atoms with van der Waals surface area (Å²) in [6.45, 7) is 1.81. The molecule has 1 atom stereocenters. The maximum absolute atomic E-state index is 12.7. The van der Waals surface area contributed by atoms with Gasteiger partial charge in [0.15, 0.2) is 5.78 Å². The van der Waals surface area contributed by atoms with Gasteiger partial charge in [-0.1, -0.05) is 18.2 Å². The van der Waals surface area contributed by atoms with Crippen LogP contribution < -0.4 is 10.5 Å². The molecule has 8 heteroatoms. The molecule has 1 aromatic carbocycles. The second kappa shape index (κ2) is 7.97. The Balaban J connectivity index is 1.73. The van der Waals surface area contributed by atoms with E-state index in [2.05, 4.69) is 6.07 Å². The zero-order valence-electron chi connectivity index (χ0n) is 15.8. The van der Waals surface area contributed by atoms with E-state index in [1.165, 1.54) is 0 Å². The van der Waals surface area contributed by atoms with Gasteiger partial charge in [0.05, 0.1) is 19.1 Å². The van der Waals surface area contributed by atoms with Crippen LogP contribution in [0.25, 0.3) is 0 Å². The van der Waals surface area contributed by atoms with Gasteiger partial charge in [-0.05, 0) is 12.5 Å². The van der Waals surface area contributed by atoms with E-state index in [1.54, 1.807) is 29.2 Å². The summed E-state index contributed by atoms with van der Waals surface area (Å²) in [4.78, 5) is 26.9. The zero-order valence-corrected chi connectivity index (χ0v) is 15.8. The Morgan fingerprint density at radius 1 is 1.24 bits per heavy atom. The molecule has 150 valence electrons. The first kappa shape index (κ1) is 19.0. The maximum atomic E-state index is 12.7. The fourth-order valence-corrected chi connectivity index (χ4v) is 3.88. The van der Waals surface area contributed by atoms with Gasteiger partial charge in [0, 0.05) is 37.1 Å². The number of Topliss-reactive ketones (excluding diaryl/α,β-unsaturated/α-hetero) is 1. The average molecular weight is 395 g/mol. The van der Waals surface area contributed by atoms with Crippen molar-refractivity contribution in [3.63, 3.8) is 0 Å². The molecule has 29 heavy (non-hydrogen) atoms. The van der Waals surface area contributed by atoms with Gasteiger partial charge in [0.1, 0.15) is 23.2 Å². The number of hydrogen-bond acceptors (Lipinski definition) is 7. The lowest BCUT2D eigenvalue weighted by Crippen LogP contribution is -2.42. The largest absolute Gasteiger partial charge is 0.444 e. The number of benzene rings is 1. The Kier molecular flexibility index (Phi) is 5.23. The number of carbonyl (C=O) groups excluding carboxylic acids is 2. The minimum Gasteiger partial charge on any atom is -0.444 e. The Bertz CT molecular complexity index is 953.